The van der Waals surface area contributed by atoms with Crippen LogP contribution in [-0.4, -0.2) is 10.2 Å². The molecule has 2 aromatic carbocycles. The molecule has 0 atom stereocenters. The first-order valence-corrected chi connectivity index (χ1v) is 10.9. The Morgan fingerprint density at radius 1 is 0.724 bits per heavy atom. The third-order valence-electron chi connectivity index (χ3n) is 5.96. The van der Waals surface area contributed by atoms with Gasteiger partial charge in [0.15, 0.2) is 0 Å². The molecule has 0 bridgehead atoms. The molecule has 2 aromatic rings. The van der Waals surface area contributed by atoms with E-state index in [2.05, 4.69) is 74.4 Å². The van der Waals surface area contributed by atoms with Gasteiger partial charge in [0.25, 0.3) is 0 Å². The highest BCUT2D eigenvalue weighted by Crippen LogP contribution is 2.43. The highest BCUT2D eigenvalue weighted by molar-refractivity contribution is 5.53. The number of rotatable bonds is 5. The summed E-state index contributed by atoms with van der Waals surface area (Å²) in [5.74, 6) is 0.646. The predicted octanol–water partition coefficient (Wildman–Crippen LogP) is 7.63. The van der Waals surface area contributed by atoms with Crippen molar-refractivity contribution in [2.45, 2.75) is 98.3 Å². The maximum absolute atomic E-state index is 11.0. The molecule has 2 nitrogen and oxygen atoms in total. The fourth-order valence-corrected chi connectivity index (χ4v) is 4.50. The van der Waals surface area contributed by atoms with Crippen LogP contribution in [0.25, 0.3) is 0 Å². The van der Waals surface area contributed by atoms with Gasteiger partial charge in [0.2, 0.25) is 0 Å². The van der Waals surface area contributed by atoms with Crippen molar-refractivity contribution in [2.75, 3.05) is 0 Å². The lowest BCUT2D eigenvalue weighted by atomic mass is 9.78. The zero-order valence-electron chi connectivity index (χ0n) is 19.9. The van der Waals surface area contributed by atoms with E-state index in [1.165, 1.54) is 11.1 Å². The second-order valence-corrected chi connectivity index (χ2v) is 10.6. The molecule has 0 aliphatic rings. The summed E-state index contributed by atoms with van der Waals surface area (Å²) in [5.41, 5.74) is 6.50. The van der Waals surface area contributed by atoms with Gasteiger partial charge < -0.3 is 10.2 Å². The lowest BCUT2D eigenvalue weighted by Crippen LogP contribution is -2.15. The largest absolute Gasteiger partial charge is 0.508 e. The molecule has 0 unspecified atom stereocenters. The number of aromatic hydroxyl groups is 2. The standard InChI is InChI=1S/C27H40O2/c1-10-11-12-19(20-13-17(2)22(15-24(20)28)26(4,5)6)21-14-18(3)23(16-25(21)29)27(7,8)9/h13-16,19,28-29H,10-12H2,1-9H3. The molecule has 2 heteroatoms. The van der Waals surface area contributed by atoms with Crippen molar-refractivity contribution >= 4 is 0 Å². The number of aryl methyl sites for hydroxylation is 2. The normalized spacial score (nSPS) is 12.6. The molecule has 0 heterocycles. The Labute approximate surface area is 178 Å². The number of phenols is 2. The zero-order chi connectivity index (χ0) is 22.1. The van der Waals surface area contributed by atoms with E-state index in [0.29, 0.717) is 11.5 Å². The molecule has 0 spiro atoms. The van der Waals surface area contributed by atoms with Gasteiger partial charge in [-0.05, 0) is 65.5 Å². The van der Waals surface area contributed by atoms with E-state index in [4.69, 9.17) is 0 Å². The Balaban J connectivity index is 2.65. The molecule has 0 fully saturated rings. The second-order valence-electron chi connectivity index (χ2n) is 10.6. The molecule has 0 saturated heterocycles. The first kappa shape index (κ1) is 23.3. The first-order chi connectivity index (χ1) is 13.3. The summed E-state index contributed by atoms with van der Waals surface area (Å²) >= 11 is 0. The average Bonchev–Trinajstić information content (AvgIpc) is 2.58. The molecule has 0 amide bonds. The molecular formula is C27H40O2. The molecule has 2 N–H and O–H groups in total. The SMILES string of the molecule is CCCCC(c1cc(C)c(C(C)(C)C)cc1O)c1cc(C)c(C(C)(C)C)cc1O. The van der Waals surface area contributed by atoms with Crippen molar-refractivity contribution in [1.82, 2.24) is 0 Å². The summed E-state index contributed by atoms with van der Waals surface area (Å²) in [7, 11) is 0. The van der Waals surface area contributed by atoms with Gasteiger partial charge in [0.1, 0.15) is 11.5 Å². The third kappa shape index (κ3) is 5.15. The van der Waals surface area contributed by atoms with Crippen LogP contribution in [0.5, 0.6) is 11.5 Å². The minimum absolute atomic E-state index is 0.0182. The number of hydrogen-bond donors (Lipinski definition) is 2. The van der Waals surface area contributed by atoms with E-state index >= 15 is 0 Å². The minimum Gasteiger partial charge on any atom is -0.508 e. The van der Waals surface area contributed by atoms with Crippen LogP contribution in [0.15, 0.2) is 24.3 Å². The minimum atomic E-state index is -0.0217. The molecule has 0 aliphatic carbocycles. The van der Waals surface area contributed by atoms with E-state index in [-0.39, 0.29) is 16.7 Å². The fraction of sp³-hybridized carbons (Fsp3) is 0.556. The van der Waals surface area contributed by atoms with Crippen LogP contribution in [0.1, 0.15) is 107 Å². The maximum Gasteiger partial charge on any atom is 0.119 e. The molecule has 2 rings (SSSR count). The number of hydrogen-bond acceptors (Lipinski definition) is 2. The smallest absolute Gasteiger partial charge is 0.119 e. The lowest BCUT2D eigenvalue weighted by Gasteiger charge is -2.28. The van der Waals surface area contributed by atoms with Gasteiger partial charge in [-0.1, -0.05) is 73.4 Å². The van der Waals surface area contributed by atoms with Gasteiger partial charge in [-0.3, -0.25) is 0 Å². The highest BCUT2D eigenvalue weighted by atomic mass is 16.3. The Bertz CT molecular complexity index is 794. The Kier molecular flexibility index (Phi) is 6.77. The van der Waals surface area contributed by atoms with Gasteiger partial charge >= 0.3 is 0 Å². The van der Waals surface area contributed by atoms with E-state index in [1.54, 1.807) is 0 Å². The van der Waals surface area contributed by atoms with Crippen LogP contribution in [0, 0.1) is 13.8 Å². The monoisotopic (exact) mass is 396 g/mol. The van der Waals surface area contributed by atoms with E-state index in [1.807, 2.05) is 12.1 Å². The van der Waals surface area contributed by atoms with Gasteiger partial charge in [0.05, 0.1) is 0 Å². The van der Waals surface area contributed by atoms with Crippen LogP contribution in [0.2, 0.25) is 0 Å². The topological polar surface area (TPSA) is 40.5 Å². The van der Waals surface area contributed by atoms with Crippen molar-refractivity contribution in [1.29, 1.82) is 0 Å². The van der Waals surface area contributed by atoms with Crippen molar-refractivity contribution in [2.24, 2.45) is 0 Å². The lowest BCUT2D eigenvalue weighted by molar-refractivity contribution is 0.444. The van der Waals surface area contributed by atoms with Gasteiger partial charge in [0, 0.05) is 17.0 Å². The van der Waals surface area contributed by atoms with Gasteiger partial charge in [-0.15, -0.1) is 0 Å². The van der Waals surface area contributed by atoms with Crippen LogP contribution < -0.4 is 0 Å². The van der Waals surface area contributed by atoms with E-state index in [0.717, 1.165) is 41.5 Å². The van der Waals surface area contributed by atoms with E-state index < -0.39 is 0 Å². The predicted molar refractivity (Wildman–Crippen MR) is 124 cm³/mol. The van der Waals surface area contributed by atoms with Crippen molar-refractivity contribution in [3.05, 3.63) is 57.6 Å². The average molecular weight is 397 g/mol. The molecule has 0 saturated carbocycles. The first-order valence-electron chi connectivity index (χ1n) is 10.9. The molecular weight excluding hydrogens is 356 g/mol. The van der Waals surface area contributed by atoms with Crippen LogP contribution in [0.3, 0.4) is 0 Å². The summed E-state index contributed by atoms with van der Waals surface area (Å²) in [6.45, 7) is 19.4. The summed E-state index contributed by atoms with van der Waals surface area (Å²) in [6.07, 6.45) is 3.03. The fourth-order valence-electron chi connectivity index (χ4n) is 4.50. The van der Waals surface area contributed by atoms with Crippen LogP contribution >= 0.6 is 0 Å². The molecule has 0 aliphatic heterocycles. The zero-order valence-corrected chi connectivity index (χ0v) is 19.9. The Hall–Kier alpha value is -1.96. The molecule has 29 heavy (non-hydrogen) atoms. The summed E-state index contributed by atoms with van der Waals surface area (Å²) in [5, 5.41) is 21.9. The summed E-state index contributed by atoms with van der Waals surface area (Å²) in [4.78, 5) is 0. The highest BCUT2D eigenvalue weighted by Gasteiger charge is 2.26. The maximum atomic E-state index is 11.0. The second kappa shape index (κ2) is 8.42. The third-order valence-corrected chi connectivity index (χ3v) is 5.96. The molecule has 160 valence electrons. The van der Waals surface area contributed by atoms with Crippen molar-refractivity contribution in [3.63, 3.8) is 0 Å². The molecule has 0 radical (unpaired) electrons. The molecule has 0 aromatic heterocycles. The summed E-state index contributed by atoms with van der Waals surface area (Å²) in [6, 6.07) is 8.11. The van der Waals surface area contributed by atoms with Gasteiger partial charge in [-0.2, -0.15) is 0 Å². The number of phenolic OH excluding ortho intramolecular Hbond substituents is 2. The number of benzene rings is 2. The van der Waals surface area contributed by atoms with Crippen molar-refractivity contribution in [3.8, 4) is 11.5 Å². The summed E-state index contributed by atoms with van der Waals surface area (Å²) < 4.78 is 0. The Morgan fingerprint density at radius 3 is 1.41 bits per heavy atom. The van der Waals surface area contributed by atoms with Gasteiger partial charge in [-0.25, -0.2) is 0 Å². The van der Waals surface area contributed by atoms with Crippen LogP contribution in [-0.2, 0) is 10.8 Å². The quantitative estimate of drug-likeness (QED) is 0.545. The van der Waals surface area contributed by atoms with Crippen LogP contribution in [0.4, 0.5) is 0 Å². The number of unbranched alkanes of at least 4 members (excludes halogenated alkanes) is 1. The van der Waals surface area contributed by atoms with Crippen molar-refractivity contribution < 1.29 is 10.2 Å². The van der Waals surface area contributed by atoms with E-state index in [9.17, 15) is 10.2 Å². The Morgan fingerprint density at radius 2 is 1.10 bits per heavy atom.